The van der Waals surface area contributed by atoms with Crippen molar-refractivity contribution in [2.45, 2.75) is 58.0 Å². The van der Waals surface area contributed by atoms with E-state index in [2.05, 4.69) is 5.32 Å². The number of nitrogens with one attached hydrogen (secondary N) is 1. The van der Waals surface area contributed by atoms with E-state index in [9.17, 15) is 28.1 Å². The summed E-state index contributed by atoms with van der Waals surface area (Å²) < 4.78 is 34.2. The molecule has 0 aliphatic carbocycles. The lowest BCUT2D eigenvalue weighted by molar-refractivity contribution is -0.385. The van der Waals surface area contributed by atoms with Crippen LogP contribution in [0.1, 0.15) is 43.4 Å². The summed E-state index contributed by atoms with van der Waals surface area (Å²) in [6.07, 6.45) is 1.66. The average molecular weight is 611 g/mol. The lowest BCUT2D eigenvalue weighted by atomic mass is 10.1. The van der Waals surface area contributed by atoms with Crippen molar-refractivity contribution < 1.29 is 27.7 Å². The van der Waals surface area contributed by atoms with Crippen LogP contribution in [0.3, 0.4) is 0 Å². The molecule has 11 nitrogen and oxygen atoms in total. The highest BCUT2D eigenvalue weighted by Crippen LogP contribution is 2.29. The molecule has 43 heavy (non-hydrogen) atoms. The quantitative estimate of drug-likeness (QED) is 0.158. The largest absolute Gasteiger partial charge is 0.497 e. The highest BCUT2D eigenvalue weighted by atomic mass is 32.2. The first-order chi connectivity index (χ1) is 20.4. The SMILES string of the molecule is CCCCNC(=O)[C@H](C)N(Cc1ccccc1C)C(=O)CN(c1ccc(OC)cc1)S(=O)(=O)c1ccc(C)c([N+](=O)[O-])c1. The summed E-state index contributed by atoms with van der Waals surface area (Å²) in [6, 6.07) is 16.2. The summed E-state index contributed by atoms with van der Waals surface area (Å²) in [5.74, 6) is -0.511. The van der Waals surface area contributed by atoms with Gasteiger partial charge in [0.05, 0.1) is 22.6 Å². The Morgan fingerprint density at radius 2 is 1.70 bits per heavy atom. The van der Waals surface area contributed by atoms with Crippen molar-refractivity contribution in [3.63, 3.8) is 0 Å². The van der Waals surface area contributed by atoms with Gasteiger partial charge in [0, 0.05) is 24.7 Å². The smallest absolute Gasteiger partial charge is 0.273 e. The van der Waals surface area contributed by atoms with Gasteiger partial charge in [-0.25, -0.2) is 8.42 Å². The number of rotatable bonds is 14. The Bertz CT molecular complexity index is 1560. The van der Waals surface area contributed by atoms with Gasteiger partial charge >= 0.3 is 0 Å². The topological polar surface area (TPSA) is 139 Å². The maximum atomic E-state index is 14.1. The van der Waals surface area contributed by atoms with Crippen molar-refractivity contribution in [1.82, 2.24) is 10.2 Å². The van der Waals surface area contributed by atoms with Crippen molar-refractivity contribution in [3.05, 3.63) is 93.5 Å². The van der Waals surface area contributed by atoms with Crippen LogP contribution in [-0.2, 0) is 26.2 Å². The van der Waals surface area contributed by atoms with Gasteiger partial charge in [-0.15, -0.1) is 0 Å². The number of carbonyl (C=O) groups is 2. The van der Waals surface area contributed by atoms with Crippen LogP contribution in [-0.4, -0.2) is 56.3 Å². The van der Waals surface area contributed by atoms with Crippen LogP contribution < -0.4 is 14.4 Å². The number of nitrogens with zero attached hydrogens (tertiary/aromatic N) is 3. The fraction of sp³-hybridized carbons (Fsp3) is 0.355. The molecule has 3 aromatic rings. The molecule has 230 valence electrons. The van der Waals surface area contributed by atoms with Crippen LogP contribution in [0.4, 0.5) is 11.4 Å². The molecular formula is C31H38N4O7S. The third kappa shape index (κ3) is 8.10. The number of hydrogen-bond donors (Lipinski definition) is 1. The monoisotopic (exact) mass is 610 g/mol. The predicted octanol–water partition coefficient (Wildman–Crippen LogP) is 4.75. The number of nitro groups is 1. The summed E-state index contributed by atoms with van der Waals surface area (Å²) in [4.78, 5) is 39.1. The number of benzene rings is 3. The summed E-state index contributed by atoms with van der Waals surface area (Å²) in [5.41, 5.74) is 1.79. The molecule has 0 aliphatic heterocycles. The molecule has 0 saturated heterocycles. The summed E-state index contributed by atoms with van der Waals surface area (Å²) in [5, 5.41) is 14.4. The van der Waals surface area contributed by atoms with Gasteiger partial charge in [-0.3, -0.25) is 24.0 Å². The second-order valence-electron chi connectivity index (χ2n) is 10.2. The van der Waals surface area contributed by atoms with Crippen LogP contribution in [0.2, 0.25) is 0 Å². The number of carbonyl (C=O) groups excluding carboxylic acids is 2. The predicted molar refractivity (Wildman–Crippen MR) is 164 cm³/mol. The van der Waals surface area contributed by atoms with E-state index >= 15 is 0 Å². The van der Waals surface area contributed by atoms with Crippen molar-refractivity contribution in [2.24, 2.45) is 0 Å². The Hall–Kier alpha value is -4.45. The first-order valence-electron chi connectivity index (χ1n) is 13.9. The van der Waals surface area contributed by atoms with Crippen LogP contribution in [0.15, 0.2) is 71.6 Å². The zero-order valence-electron chi connectivity index (χ0n) is 25.1. The molecule has 1 N–H and O–H groups in total. The Kier molecular flexibility index (Phi) is 11.2. The number of amides is 2. The minimum absolute atomic E-state index is 0.0698. The summed E-state index contributed by atoms with van der Waals surface area (Å²) in [7, 11) is -3.01. The Labute approximate surface area is 252 Å². The van der Waals surface area contributed by atoms with Gasteiger partial charge in [0.15, 0.2) is 0 Å². The third-order valence-electron chi connectivity index (χ3n) is 7.20. The minimum Gasteiger partial charge on any atom is -0.497 e. The van der Waals surface area contributed by atoms with E-state index in [4.69, 9.17) is 4.74 Å². The molecule has 0 saturated carbocycles. The number of anilines is 1. The highest BCUT2D eigenvalue weighted by molar-refractivity contribution is 7.92. The van der Waals surface area contributed by atoms with Gasteiger partial charge in [-0.05, 0) is 68.7 Å². The van der Waals surface area contributed by atoms with E-state index in [0.29, 0.717) is 17.9 Å². The van der Waals surface area contributed by atoms with Gasteiger partial charge in [-0.2, -0.15) is 0 Å². The molecule has 0 fully saturated rings. The molecular weight excluding hydrogens is 572 g/mol. The molecule has 0 bridgehead atoms. The van der Waals surface area contributed by atoms with Crippen LogP contribution in [0.25, 0.3) is 0 Å². The van der Waals surface area contributed by atoms with E-state index in [1.54, 1.807) is 19.1 Å². The summed E-state index contributed by atoms with van der Waals surface area (Å²) >= 11 is 0. The van der Waals surface area contributed by atoms with Crippen LogP contribution in [0.5, 0.6) is 5.75 Å². The van der Waals surface area contributed by atoms with E-state index in [-0.39, 0.29) is 28.7 Å². The number of sulfonamides is 1. The highest BCUT2D eigenvalue weighted by Gasteiger charge is 2.33. The van der Waals surface area contributed by atoms with E-state index < -0.39 is 33.4 Å². The molecule has 3 aromatic carbocycles. The Balaban J connectivity index is 2.08. The third-order valence-corrected chi connectivity index (χ3v) is 8.97. The first-order valence-corrected chi connectivity index (χ1v) is 15.4. The number of ether oxygens (including phenoxy) is 1. The van der Waals surface area contributed by atoms with Crippen molar-refractivity contribution in [2.75, 3.05) is 24.5 Å². The van der Waals surface area contributed by atoms with E-state index in [1.165, 1.54) is 43.2 Å². The zero-order chi connectivity index (χ0) is 31.7. The van der Waals surface area contributed by atoms with Crippen LogP contribution in [0, 0.1) is 24.0 Å². The normalized spacial score (nSPS) is 11.8. The van der Waals surface area contributed by atoms with Gasteiger partial charge in [0.2, 0.25) is 11.8 Å². The lowest BCUT2D eigenvalue weighted by Gasteiger charge is -2.32. The number of methoxy groups -OCH3 is 1. The lowest BCUT2D eigenvalue weighted by Crippen LogP contribution is -2.51. The molecule has 0 aliphatic rings. The fourth-order valence-electron chi connectivity index (χ4n) is 4.44. The number of unbranched alkanes of at least 4 members (excludes halogenated alkanes) is 1. The summed E-state index contributed by atoms with van der Waals surface area (Å²) in [6.45, 7) is 6.87. The first kappa shape index (κ1) is 33.1. The minimum atomic E-state index is -4.48. The van der Waals surface area contributed by atoms with Gasteiger partial charge < -0.3 is 15.0 Å². The molecule has 0 unspecified atom stereocenters. The molecule has 3 rings (SSSR count). The van der Waals surface area contributed by atoms with Crippen LogP contribution >= 0.6 is 0 Å². The van der Waals surface area contributed by atoms with Crippen molar-refractivity contribution in [1.29, 1.82) is 0 Å². The number of aryl methyl sites for hydroxylation is 2. The van der Waals surface area contributed by atoms with Crippen molar-refractivity contribution in [3.8, 4) is 5.75 Å². The molecule has 0 radical (unpaired) electrons. The van der Waals surface area contributed by atoms with Crippen molar-refractivity contribution >= 4 is 33.2 Å². The number of nitro benzene ring substituents is 1. The van der Waals surface area contributed by atoms with Gasteiger partial charge in [0.1, 0.15) is 18.3 Å². The molecule has 0 heterocycles. The van der Waals surface area contributed by atoms with Gasteiger partial charge in [0.25, 0.3) is 15.7 Å². The van der Waals surface area contributed by atoms with E-state index in [1.807, 2.05) is 38.1 Å². The number of hydrogen-bond acceptors (Lipinski definition) is 7. The Morgan fingerprint density at radius 1 is 1.02 bits per heavy atom. The maximum absolute atomic E-state index is 14.1. The fourth-order valence-corrected chi connectivity index (χ4v) is 5.88. The molecule has 0 aromatic heterocycles. The zero-order valence-corrected chi connectivity index (χ0v) is 25.9. The standard InChI is InChI=1S/C31H38N4O7S/c1-6-7-18-32-31(37)24(4)33(20-25-11-9-8-10-22(25)2)30(36)21-34(26-13-15-27(42-5)16-14-26)43(40,41)28-17-12-23(3)29(19-28)35(38)39/h8-17,19,24H,6-7,18,20-21H2,1-5H3,(H,32,37)/t24-/m0/s1. The molecule has 1 atom stereocenters. The molecule has 12 heteroatoms. The molecule has 0 spiro atoms. The second kappa shape index (κ2) is 14.6. The average Bonchev–Trinajstić information content (AvgIpc) is 2.99. The Morgan fingerprint density at radius 3 is 2.30 bits per heavy atom. The maximum Gasteiger partial charge on any atom is 0.273 e. The van der Waals surface area contributed by atoms with E-state index in [0.717, 1.165) is 34.3 Å². The second-order valence-corrected chi connectivity index (χ2v) is 12.0. The molecule has 2 amide bonds. The van der Waals surface area contributed by atoms with Gasteiger partial charge in [-0.1, -0.05) is 43.7 Å².